The van der Waals surface area contributed by atoms with E-state index < -0.39 is 35.5 Å². The van der Waals surface area contributed by atoms with E-state index >= 15 is 0 Å². The van der Waals surface area contributed by atoms with E-state index in [2.05, 4.69) is 15.6 Å². The molecule has 0 bridgehead atoms. The highest BCUT2D eigenvalue weighted by Crippen LogP contribution is 2.47. The fourth-order valence-electron chi connectivity index (χ4n) is 3.47. The highest BCUT2D eigenvalue weighted by molar-refractivity contribution is 6.30. The Hall–Kier alpha value is -2.23. The Bertz CT molecular complexity index is 890. The highest BCUT2D eigenvalue weighted by atomic mass is 35.5. The van der Waals surface area contributed by atoms with Crippen molar-refractivity contribution in [3.05, 3.63) is 58.6 Å². The molecular weight excluding hydrogens is 400 g/mol. The van der Waals surface area contributed by atoms with Gasteiger partial charge in [0, 0.05) is 17.4 Å². The predicted octanol–water partition coefficient (Wildman–Crippen LogP) is 3.80. The minimum atomic E-state index is -4.57. The number of hydrogen-bond donors (Lipinski definition) is 3. The van der Waals surface area contributed by atoms with Crippen molar-refractivity contribution in [1.82, 2.24) is 10.3 Å². The van der Waals surface area contributed by atoms with Crippen LogP contribution < -0.4 is 16.4 Å². The number of nitrogens with one attached hydrogen (secondary N) is 2. The second-order valence-electron chi connectivity index (χ2n) is 6.79. The van der Waals surface area contributed by atoms with Crippen molar-refractivity contribution in [3.8, 4) is 0 Å². The van der Waals surface area contributed by atoms with Crippen LogP contribution in [-0.4, -0.2) is 23.2 Å². The summed E-state index contributed by atoms with van der Waals surface area (Å²) in [5.41, 5.74) is 3.84. The van der Waals surface area contributed by atoms with Crippen molar-refractivity contribution in [3.63, 3.8) is 0 Å². The summed E-state index contributed by atoms with van der Waals surface area (Å²) in [6.07, 6.45) is -4.61. The first kappa shape index (κ1) is 20.5. The van der Waals surface area contributed by atoms with E-state index in [4.69, 9.17) is 17.3 Å². The Labute approximate surface area is 163 Å². The van der Waals surface area contributed by atoms with E-state index in [1.165, 1.54) is 37.4 Å². The number of amides is 1. The lowest BCUT2D eigenvalue weighted by Crippen LogP contribution is -2.47. The molecule has 2 aromatic rings. The van der Waals surface area contributed by atoms with Crippen LogP contribution in [0.4, 0.5) is 23.2 Å². The fraction of sp³-hybridized carbons (Fsp3) is 0.333. The van der Waals surface area contributed by atoms with E-state index in [9.17, 15) is 22.4 Å². The number of pyridine rings is 1. The van der Waals surface area contributed by atoms with Crippen LogP contribution in [0.3, 0.4) is 0 Å². The zero-order valence-electron chi connectivity index (χ0n) is 14.6. The summed E-state index contributed by atoms with van der Waals surface area (Å²) in [5, 5.41) is 5.48. The summed E-state index contributed by atoms with van der Waals surface area (Å²) in [5.74, 6) is -3.32. The second-order valence-corrected chi connectivity index (χ2v) is 7.23. The molecule has 0 spiro atoms. The quantitative estimate of drug-likeness (QED) is 0.665. The van der Waals surface area contributed by atoms with Gasteiger partial charge in [0.1, 0.15) is 11.5 Å². The zero-order valence-corrected chi connectivity index (χ0v) is 15.4. The van der Waals surface area contributed by atoms with Crippen LogP contribution in [0.25, 0.3) is 0 Å². The van der Waals surface area contributed by atoms with Gasteiger partial charge in [-0.2, -0.15) is 13.2 Å². The average Bonchev–Trinajstić information content (AvgIpc) is 2.93. The molecule has 1 aromatic heterocycles. The Morgan fingerprint density at radius 1 is 1.36 bits per heavy atom. The third-order valence-corrected chi connectivity index (χ3v) is 5.03. The Kier molecular flexibility index (Phi) is 5.35. The monoisotopic (exact) mass is 416 g/mol. The van der Waals surface area contributed by atoms with E-state index in [0.717, 1.165) is 6.07 Å². The maximum absolute atomic E-state index is 14.5. The molecule has 0 aliphatic carbocycles. The second kappa shape index (κ2) is 7.31. The molecule has 1 unspecified atom stereocenters. The molecule has 150 valence electrons. The lowest BCUT2D eigenvalue weighted by molar-refractivity contribution is -0.188. The molecule has 5 nitrogen and oxygen atoms in total. The van der Waals surface area contributed by atoms with E-state index in [0.29, 0.717) is 5.02 Å². The lowest BCUT2D eigenvalue weighted by Gasteiger charge is -2.34. The number of nitrogens with two attached hydrogens (primary N) is 1. The maximum Gasteiger partial charge on any atom is 0.394 e. The molecule has 2 heterocycles. The van der Waals surface area contributed by atoms with Gasteiger partial charge in [-0.05, 0) is 43.7 Å². The summed E-state index contributed by atoms with van der Waals surface area (Å²) in [7, 11) is 0. The SMILES string of the molecule is C[C@@]1(c2cc(NC(=O)c3ccc(Cl)cn3)ccc2F)NC(N)C[C@@H]1C(F)(F)F. The van der Waals surface area contributed by atoms with Crippen LogP contribution in [0.2, 0.25) is 5.02 Å². The lowest BCUT2D eigenvalue weighted by atomic mass is 9.80. The smallest absolute Gasteiger partial charge is 0.321 e. The van der Waals surface area contributed by atoms with Crippen LogP contribution >= 0.6 is 11.6 Å². The molecule has 0 radical (unpaired) electrons. The van der Waals surface area contributed by atoms with Gasteiger partial charge in [0.15, 0.2) is 0 Å². The first-order valence-electron chi connectivity index (χ1n) is 8.33. The van der Waals surface area contributed by atoms with Gasteiger partial charge in [-0.1, -0.05) is 11.6 Å². The van der Waals surface area contributed by atoms with Gasteiger partial charge in [-0.3, -0.25) is 10.1 Å². The van der Waals surface area contributed by atoms with Crippen LogP contribution in [0, 0.1) is 11.7 Å². The number of carbonyl (C=O) groups excluding carboxylic acids is 1. The number of aromatic nitrogens is 1. The third-order valence-electron chi connectivity index (χ3n) is 4.81. The van der Waals surface area contributed by atoms with Gasteiger partial charge in [0.2, 0.25) is 0 Å². The number of nitrogens with zero attached hydrogens (tertiary/aromatic N) is 1. The fourth-order valence-corrected chi connectivity index (χ4v) is 3.58. The molecule has 3 atom stereocenters. The Morgan fingerprint density at radius 2 is 2.07 bits per heavy atom. The summed E-state index contributed by atoms with van der Waals surface area (Å²) in [6, 6.07) is 6.30. The first-order chi connectivity index (χ1) is 13.0. The van der Waals surface area contributed by atoms with E-state index in [-0.39, 0.29) is 23.4 Å². The number of rotatable bonds is 3. The molecule has 3 rings (SSSR count). The molecule has 10 heteroatoms. The van der Waals surface area contributed by atoms with Gasteiger partial charge in [-0.25, -0.2) is 9.37 Å². The predicted molar refractivity (Wildman–Crippen MR) is 96.2 cm³/mol. The Balaban J connectivity index is 1.93. The number of alkyl halides is 3. The molecule has 1 aromatic carbocycles. The number of halogens is 5. The summed E-state index contributed by atoms with van der Waals surface area (Å²) in [6.45, 7) is 1.25. The minimum Gasteiger partial charge on any atom is -0.321 e. The summed E-state index contributed by atoms with van der Waals surface area (Å²) >= 11 is 5.72. The van der Waals surface area contributed by atoms with Crippen molar-refractivity contribution in [2.24, 2.45) is 11.7 Å². The van der Waals surface area contributed by atoms with Crippen LogP contribution in [0.5, 0.6) is 0 Å². The van der Waals surface area contributed by atoms with Gasteiger partial charge in [0.05, 0.1) is 22.6 Å². The highest BCUT2D eigenvalue weighted by Gasteiger charge is 2.57. The van der Waals surface area contributed by atoms with Crippen molar-refractivity contribution in [2.45, 2.75) is 31.2 Å². The normalized spacial score (nSPS) is 25.0. The van der Waals surface area contributed by atoms with Crippen molar-refractivity contribution in [1.29, 1.82) is 0 Å². The van der Waals surface area contributed by atoms with Crippen molar-refractivity contribution in [2.75, 3.05) is 5.32 Å². The van der Waals surface area contributed by atoms with E-state index in [1.807, 2.05) is 0 Å². The van der Waals surface area contributed by atoms with Gasteiger partial charge >= 0.3 is 6.18 Å². The van der Waals surface area contributed by atoms with Crippen LogP contribution in [0.1, 0.15) is 29.4 Å². The zero-order chi connectivity index (χ0) is 20.7. The minimum absolute atomic E-state index is 0.0515. The number of benzene rings is 1. The molecule has 1 aliphatic rings. The average molecular weight is 417 g/mol. The number of anilines is 1. The van der Waals surface area contributed by atoms with Crippen molar-refractivity contribution >= 4 is 23.2 Å². The number of hydrogen-bond acceptors (Lipinski definition) is 4. The van der Waals surface area contributed by atoms with E-state index in [1.54, 1.807) is 0 Å². The number of carbonyl (C=O) groups is 1. The Morgan fingerprint density at radius 3 is 2.68 bits per heavy atom. The molecule has 1 fully saturated rings. The van der Waals surface area contributed by atoms with Crippen LogP contribution in [0.15, 0.2) is 36.5 Å². The topological polar surface area (TPSA) is 80.0 Å². The molecule has 0 saturated carbocycles. The molecule has 1 aliphatic heterocycles. The third kappa shape index (κ3) is 3.96. The summed E-state index contributed by atoms with van der Waals surface area (Å²) < 4.78 is 55.0. The molecule has 28 heavy (non-hydrogen) atoms. The van der Waals surface area contributed by atoms with Crippen molar-refractivity contribution < 1.29 is 22.4 Å². The summed E-state index contributed by atoms with van der Waals surface area (Å²) in [4.78, 5) is 16.1. The molecule has 1 saturated heterocycles. The van der Waals surface area contributed by atoms with Crippen LogP contribution in [-0.2, 0) is 5.54 Å². The molecular formula is C18H17ClF4N4O. The van der Waals surface area contributed by atoms with Gasteiger partial charge < -0.3 is 11.1 Å². The largest absolute Gasteiger partial charge is 0.394 e. The molecule has 1 amide bonds. The maximum atomic E-state index is 14.5. The van der Waals surface area contributed by atoms with Gasteiger partial charge in [0.25, 0.3) is 5.91 Å². The first-order valence-corrected chi connectivity index (χ1v) is 8.71. The standard InChI is InChI=1S/C18H17ClF4N4O/c1-17(14(18(21,22)23)7-15(24)27-17)11-6-10(3-4-12(11)20)26-16(28)13-5-2-9(19)8-25-13/h2-6,8,14-15,27H,7,24H2,1H3,(H,26,28)/t14-,15?,17-/m0/s1. The molecule has 4 N–H and O–H groups in total. The van der Waals surface area contributed by atoms with Gasteiger partial charge in [-0.15, -0.1) is 0 Å².